The third-order valence-corrected chi connectivity index (χ3v) is 4.64. The highest BCUT2D eigenvalue weighted by molar-refractivity contribution is 9.10. The zero-order valence-electron chi connectivity index (χ0n) is 11.5. The SMILES string of the molecule is CCn1nc(C)c(Br)c1CC(N)C(C)C(C)C. The molecule has 2 atom stereocenters. The molecule has 1 rings (SSSR count). The minimum absolute atomic E-state index is 0.188. The molecule has 0 fully saturated rings. The lowest BCUT2D eigenvalue weighted by Crippen LogP contribution is -2.34. The average molecular weight is 302 g/mol. The standard InChI is InChI=1S/C13H24BrN3/c1-6-17-12(13(14)10(5)16-17)7-11(15)9(4)8(2)3/h8-9,11H,6-7,15H2,1-5H3. The van der Waals surface area contributed by atoms with Gasteiger partial charge in [-0.15, -0.1) is 0 Å². The van der Waals surface area contributed by atoms with Crippen LogP contribution in [0.3, 0.4) is 0 Å². The maximum Gasteiger partial charge on any atom is 0.0738 e. The molecule has 0 spiro atoms. The van der Waals surface area contributed by atoms with Crippen LogP contribution in [0.25, 0.3) is 0 Å². The normalized spacial score (nSPS) is 15.3. The van der Waals surface area contributed by atoms with Gasteiger partial charge in [-0.2, -0.15) is 5.10 Å². The number of aromatic nitrogens is 2. The maximum atomic E-state index is 6.29. The van der Waals surface area contributed by atoms with Crippen LogP contribution in [0.2, 0.25) is 0 Å². The number of hydrogen-bond donors (Lipinski definition) is 1. The quantitative estimate of drug-likeness (QED) is 0.908. The van der Waals surface area contributed by atoms with E-state index in [9.17, 15) is 0 Å². The van der Waals surface area contributed by atoms with Crippen LogP contribution in [0.5, 0.6) is 0 Å². The zero-order chi connectivity index (χ0) is 13.2. The van der Waals surface area contributed by atoms with Gasteiger partial charge in [0, 0.05) is 19.0 Å². The summed E-state index contributed by atoms with van der Waals surface area (Å²) in [5.41, 5.74) is 8.56. The van der Waals surface area contributed by atoms with Gasteiger partial charge in [-0.1, -0.05) is 20.8 Å². The first kappa shape index (κ1) is 14.7. The molecular formula is C13H24BrN3. The van der Waals surface area contributed by atoms with Crippen LogP contribution in [0.4, 0.5) is 0 Å². The summed E-state index contributed by atoms with van der Waals surface area (Å²) in [6, 6.07) is 0.188. The Morgan fingerprint density at radius 3 is 2.41 bits per heavy atom. The molecule has 1 aromatic rings. The van der Waals surface area contributed by atoms with E-state index in [-0.39, 0.29) is 6.04 Å². The Balaban J connectivity index is 2.87. The third-order valence-electron chi connectivity index (χ3n) is 3.61. The van der Waals surface area contributed by atoms with Crippen LogP contribution < -0.4 is 5.73 Å². The fourth-order valence-corrected chi connectivity index (χ4v) is 2.41. The topological polar surface area (TPSA) is 43.8 Å². The summed E-state index contributed by atoms with van der Waals surface area (Å²) < 4.78 is 3.16. The largest absolute Gasteiger partial charge is 0.327 e. The molecule has 2 unspecified atom stereocenters. The lowest BCUT2D eigenvalue weighted by molar-refractivity contribution is 0.339. The van der Waals surface area contributed by atoms with Gasteiger partial charge in [0.1, 0.15) is 0 Å². The van der Waals surface area contributed by atoms with Crippen molar-refractivity contribution in [1.29, 1.82) is 0 Å². The molecule has 3 nitrogen and oxygen atoms in total. The van der Waals surface area contributed by atoms with Gasteiger partial charge in [0.25, 0.3) is 0 Å². The molecule has 0 amide bonds. The third kappa shape index (κ3) is 3.32. The first-order valence-electron chi connectivity index (χ1n) is 6.35. The first-order chi connectivity index (χ1) is 7.88. The van der Waals surface area contributed by atoms with E-state index in [1.165, 1.54) is 5.69 Å². The van der Waals surface area contributed by atoms with Gasteiger partial charge in [-0.3, -0.25) is 4.68 Å². The molecule has 0 aliphatic heterocycles. The summed E-state index contributed by atoms with van der Waals surface area (Å²) in [6.45, 7) is 11.7. The minimum atomic E-state index is 0.188. The van der Waals surface area contributed by atoms with Crippen molar-refractivity contribution in [3.63, 3.8) is 0 Å². The van der Waals surface area contributed by atoms with Gasteiger partial charge >= 0.3 is 0 Å². The molecule has 1 heterocycles. The molecule has 4 heteroatoms. The predicted octanol–water partition coefficient (Wildman–Crippen LogP) is 3.14. The number of nitrogens with zero attached hydrogens (tertiary/aromatic N) is 2. The Labute approximate surface area is 113 Å². The molecule has 0 aromatic carbocycles. The average Bonchev–Trinajstić information content (AvgIpc) is 2.55. The fourth-order valence-electron chi connectivity index (χ4n) is 1.97. The van der Waals surface area contributed by atoms with Crippen molar-refractivity contribution in [3.8, 4) is 0 Å². The fraction of sp³-hybridized carbons (Fsp3) is 0.769. The maximum absolute atomic E-state index is 6.29. The zero-order valence-corrected chi connectivity index (χ0v) is 13.1. The monoisotopic (exact) mass is 301 g/mol. The van der Waals surface area contributed by atoms with E-state index in [1.54, 1.807) is 0 Å². The molecule has 17 heavy (non-hydrogen) atoms. The van der Waals surface area contributed by atoms with Crippen molar-refractivity contribution < 1.29 is 0 Å². The lowest BCUT2D eigenvalue weighted by atomic mass is 9.88. The Kier molecular flexibility index (Phi) is 5.20. The van der Waals surface area contributed by atoms with Gasteiger partial charge in [0.05, 0.1) is 15.9 Å². The van der Waals surface area contributed by atoms with Crippen LogP contribution in [0, 0.1) is 18.8 Å². The van der Waals surface area contributed by atoms with Crippen LogP contribution in [0.1, 0.15) is 39.1 Å². The van der Waals surface area contributed by atoms with Gasteiger partial charge in [0.15, 0.2) is 0 Å². The van der Waals surface area contributed by atoms with Crippen molar-refractivity contribution in [3.05, 3.63) is 15.9 Å². The highest BCUT2D eigenvalue weighted by Gasteiger charge is 2.21. The number of nitrogens with two attached hydrogens (primary N) is 1. The highest BCUT2D eigenvalue weighted by Crippen LogP contribution is 2.24. The molecule has 0 saturated carbocycles. The Morgan fingerprint density at radius 2 is 1.94 bits per heavy atom. The number of hydrogen-bond acceptors (Lipinski definition) is 2. The van der Waals surface area contributed by atoms with E-state index in [4.69, 9.17) is 5.73 Å². The summed E-state index contributed by atoms with van der Waals surface area (Å²) in [6.07, 6.45) is 0.884. The summed E-state index contributed by atoms with van der Waals surface area (Å²) in [5, 5.41) is 4.50. The summed E-state index contributed by atoms with van der Waals surface area (Å²) in [5.74, 6) is 1.13. The van der Waals surface area contributed by atoms with Gasteiger partial charge in [-0.05, 0) is 41.6 Å². The van der Waals surface area contributed by atoms with Gasteiger partial charge in [0.2, 0.25) is 0 Å². The molecule has 0 aliphatic rings. The molecule has 0 bridgehead atoms. The van der Waals surface area contributed by atoms with Crippen molar-refractivity contribution in [1.82, 2.24) is 9.78 Å². The highest BCUT2D eigenvalue weighted by atomic mass is 79.9. The van der Waals surface area contributed by atoms with Crippen LogP contribution in [0.15, 0.2) is 4.47 Å². The summed E-state index contributed by atoms with van der Waals surface area (Å²) in [7, 11) is 0. The molecular weight excluding hydrogens is 278 g/mol. The number of rotatable bonds is 5. The van der Waals surface area contributed by atoms with Crippen LogP contribution in [-0.2, 0) is 13.0 Å². The number of halogens is 1. The molecule has 0 radical (unpaired) electrons. The van der Waals surface area contributed by atoms with E-state index >= 15 is 0 Å². The second-order valence-corrected chi connectivity index (χ2v) is 5.93. The second kappa shape index (κ2) is 6.01. The molecule has 98 valence electrons. The Morgan fingerprint density at radius 1 is 1.35 bits per heavy atom. The van der Waals surface area contributed by atoms with E-state index in [0.717, 1.165) is 23.1 Å². The second-order valence-electron chi connectivity index (χ2n) is 5.13. The summed E-state index contributed by atoms with van der Waals surface area (Å²) in [4.78, 5) is 0. The van der Waals surface area contributed by atoms with E-state index in [1.807, 2.05) is 11.6 Å². The van der Waals surface area contributed by atoms with Crippen molar-refractivity contribution in [2.45, 2.75) is 53.6 Å². The smallest absolute Gasteiger partial charge is 0.0738 e. The van der Waals surface area contributed by atoms with Crippen molar-refractivity contribution in [2.24, 2.45) is 17.6 Å². The van der Waals surface area contributed by atoms with Crippen LogP contribution in [-0.4, -0.2) is 15.8 Å². The first-order valence-corrected chi connectivity index (χ1v) is 7.15. The van der Waals surface area contributed by atoms with E-state index < -0.39 is 0 Å². The molecule has 1 aromatic heterocycles. The van der Waals surface area contributed by atoms with Crippen molar-refractivity contribution >= 4 is 15.9 Å². The number of aryl methyl sites for hydroxylation is 2. The summed E-state index contributed by atoms with van der Waals surface area (Å²) >= 11 is 3.62. The lowest BCUT2D eigenvalue weighted by Gasteiger charge is -2.23. The predicted molar refractivity (Wildman–Crippen MR) is 76.0 cm³/mol. The molecule has 2 N–H and O–H groups in total. The van der Waals surface area contributed by atoms with Gasteiger partial charge < -0.3 is 5.73 Å². The minimum Gasteiger partial charge on any atom is -0.327 e. The van der Waals surface area contributed by atoms with Crippen LogP contribution >= 0.6 is 15.9 Å². The molecule has 0 aliphatic carbocycles. The van der Waals surface area contributed by atoms with Gasteiger partial charge in [-0.25, -0.2) is 0 Å². The van der Waals surface area contributed by atoms with Crippen molar-refractivity contribution in [2.75, 3.05) is 0 Å². The van der Waals surface area contributed by atoms with E-state index in [2.05, 4.69) is 48.7 Å². The Bertz CT molecular complexity index is 371. The van der Waals surface area contributed by atoms with E-state index in [0.29, 0.717) is 11.8 Å². The Hall–Kier alpha value is -0.350. The molecule has 0 saturated heterocycles.